The van der Waals surface area contributed by atoms with Crippen LogP contribution in [0.5, 0.6) is 0 Å². The standard InChI is InChI=1S/C12H22/c1-5-6-7-8-9-10-11-12(2,3)4/h9,11H,5-8H2,1-4H3. The summed E-state index contributed by atoms with van der Waals surface area (Å²) >= 11 is 0. The van der Waals surface area contributed by atoms with E-state index in [1.165, 1.54) is 25.7 Å². The van der Waals surface area contributed by atoms with Crippen molar-refractivity contribution >= 4 is 0 Å². The van der Waals surface area contributed by atoms with Gasteiger partial charge in [0, 0.05) is 0 Å². The molecular weight excluding hydrogens is 144 g/mol. The quantitative estimate of drug-likeness (QED) is 0.431. The minimum atomic E-state index is 0.279. The maximum absolute atomic E-state index is 3.23. The fraction of sp³-hybridized carbons (Fsp3) is 0.750. The van der Waals surface area contributed by atoms with E-state index in [1.807, 2.05) is 0 Å². The SMILES string of the molecule is CCCCCC=C=CC(C)(C)C. The van der Waals surface area contributed by atoms with Gasteiger partial charge in [-0.2, -0.15) is 0 Å². The van der Waals surface area contributed by atoms with E-state index in [0.29, 0.717) is 0 Å². The molecule has 0 amide bonds. The molecule has 0 aromatic heterocycles. The van der Waals surface area contributed by atoms with Crippen LogP contribution >= 0.6 is 0 Å². The monoisotopic (exact) mass is 166 g/mol. The summed E-state index contributed by atoms with van der Waals surface area (Å²) in [6.45, 7) is 8.81. The molecule has 0 atom stereocenters. The number of hydrogen-bond acceptors (Lipinski definition) is 0. The molecule has 0 heteroatoms. The molecule has 0 aliphatic rings. The molecule has 0 unspecified atom stereocenters. The second-order valence-electron chi connectivity index (χ2n) is 4.38. The van der Waals surface area contributed by atoms with Gasteiger partial charge in [0.05, 0.1) is 0 Å². The maximum Gasteiger partial charge on any atom is -0.0127 e. The summed E-state index contributed by atoms with van der Waals surface area (Å²) in [6.07, 6.45) is 9.42. The minimum absolute atomic E-state index is 0.279. The largest absolute Gasteiger partial charge is 0.129 e. The molecule has 0 saturated carbocycles. The zero-order chi connectivity index (χ0) is 9.45. The van der Waals surface area contributed by atoms with Crippen molar-refractivity contribution in [1.29, 1.82) is 0 Å². The first-order valence-corrected chi connectivity index (χ1v) is 4.98. The Labute approximate surface area is 77.4 Å². The Morgan fingerprint density at radius 1 is 1.17 bits per heavy atom. The van der Waals surface area contributed by atoms with Crippen LogP contribution in [-0.2, 0) is 0 Å². The molecule has 0 heterocycles. The van der Waals surface area contributed by atoms with Crippen LogP contribution in [0.4, 0.5) is 0 Å². The van der Waals surface area contributed by atoms with Crippen LogP contribution < -0.4 is 0 Å². The highest BCUT2D eigenvalue weighted by atomic mass is 14.1. The summed E-state index contributed by atoms with van der Waals surface area (Å²) in [5, 5.41) is 0. The first-order valence-electron chi connectivity index (χ1n) is 4.98. The fourth-order valence-corrected chi connectivity index (χ4v) is 0.889. The summed E-state index contributed by atoms with van der Waals surface area (Å²) in [5.74, 6) is 0. The number of unbranched alkanes of at least 4 members (excludes halogenated alkanes) is 3. The molecule has 12 heavy (non-hydrogen) atoms. The van der Waals surface area contributed by atoms with Crippen molar-refractivity contribution in [2.45, 2.75) is 53.4 Å². The van der Waals surface area contributed by atoms with Crippen molar-refractivity contribution < 1.29 is 0 Å². The molecule has 0 saturated heterocycles. The van der Waals surface area contributed by atoms with Gasteiger partial charge in [0.25, 0.3) is 0 Å². The average Bonchev–Trinajstić information content (AvgIpc) is 1.94. The lowest BCUT2D eigenvalue weighted by Gasteiger charge is -2.08. The lowest BCUT2D eigenvalue weighted by molar-refractivity contribution is 0.545. The van der Waals surface area contributed by atoms with E-state index in [4.69, 9.17) is 0 Å². The van der Waals surface area contributed by atoms with E-state index in [-0.39, 0.29) is 5.41 Å². The molecule has 0 aliphatic carbocycles. The van der Waals surface area contributed by atoms with Gasteiger partial charge in [-0.3, -0.25) is 0 Å². The minimum Gasteiger partial charge on any atom is -0.129 e. The number of rotatable bonds is 4. The Balaban J connectivity index is 3.55. The highest BCUT2D eigenvalue weighted by Gasteiger charge is 2.01. The average molecular weight is 166 g/mol. The topological polar surface area (TPSA) is 0 Å². The smallest absolute Gasteiger partial charge is 0.0127 e. The van der Waals surface area contributed by atoms with Crippen LogP contribution in [0.1, 0.15) is 53.4 Å². The predicted octanol–water partition coefficient (Wildman–Crippen LogP) is 4.32. The zero-order valence-corrected chi connectivity index (χ0v) is 8.98. The normalized spacial score (nSPS) is 10.7. The molecular formula is C12H22. The molecule has 0 fully saturated rings. The van der Waals surface area contributed by atoms with Gasteiger partial charge < -0.3 is 0 Å². The van der Waals surface area contributed by atoms with Crippen LogP contribution in [0.3, 0.4) is 0 Å². The molecule has 0 nitrogen and oxygen atoms in total. The lowest BCUT2D eigenvalue weighted by atomic mass is 9.97. The Morgan fingerprint density at radius 3 is 2.33 bits per heavy atom. The van der Waals surface area contributed by atoms with Gasteiger partial charge >= 0.3 is 0 Å². The van der Waals surface area contributed by atoms with Gasteiger partial charge in [-0.05, 0) is 30.4 Å². The maximum atomic E-state index is 3.23. The van der Waals surface area contributed by atoms with Crippen LogP contribution in [-0.4, -0.2) is 0 Å². The Hall–Kier alpha value is -0.480. The molecule has 0 spiro atoms. The number of allylic oxidation sites excluding steroid dienone is 1. The van der Waals surface area contributed by atoms with Crippen molar-refractivity contribution in [3.8, 4) is 0 Å². The molecule has 0 aromatic carbocycles. The lowest BCUT2D eigenvalue weighted by Crippen LogP contribution is -1.96. The van der Waals surface area contributed by atoms with E-state index >= 15 is 0 Å². The Morgan fingerprint density at radius 2 is 1.83 bits per heavy atom. The van der Waals surface area contributed by atoms with Crippen LogP contribution in [0.15, 0.2) is 17.9 Å². The Bertz CT molecular complexity index is 151. The third-order valence-corrected chi connectivity index (χ3v) is 1.59. The van der Waals surface area contributed by atoms with Gasteiger partial charge in [0.15, 0.2) is 0 Å². The van der Waals surface area contributed by atoms with E-state index in [2.05, 4.69) is 45.6 Å². The second-order valence-corrected chi connectivity index (χ2v) is 4.38. The third kappa shape index (κ3) is 9.52. The van der Waals surface area contributed by atoms with Crippen LogP contribution in [0.2, 0.25) is 0 Å². The molecule has 0 radical (unpaired) electrons. The van der Waals surface area contributed by atoms with Crippen LogP contribution in [0, 0.1) is 5.41 Å². The molecule has 0 rings (SSSR count). The molecule has 0 bridgehead atoms. The van der Waals surface area contributed by atoms with Crippen LogP contribution in [0.25, 0.3) is 0 Å². The summed E-state index contributed by atoms with van der Waals surface area (Å²) < 4.78 is 0. The molecule has 70 valence electrons. The van der Waals surface area contributed by atoms with Crippen molar-refractivity contribution in [2.24, 2.45) is 5.41 Å². The highest BCUT2D eigenvalue weighted by Crippen LogP contribution is 2.13. The fourth-order valence-electron chi connectivity index (χ4n) is 0.889. The second kappa shape index (κ2) is 6.08. The first-order chi connectivity index (χ1) is 5.56. The van der Waals surface area contributed by atoms with E-state index in [0.717, 1.165) is 0 Å². The molecule has 0 aliphatic heterocycles. The van der Waals surface area contributed by atoms with Crippen molar-refractivity contribution in [3.05, 3.63) is 17.9 Å². The summed E-state index contributed by atoms with van der Waals surface area (Å²) in [7, 11) is 0. The van der Waals surface area contributed by atoms with Gasteiger partial charge in [-0.25, -0.2) is 0 Å². The van der Waals surface area contributed by atoms with Gasteiger partial charge in [-0.15, -0.1) is 5.73 Å². The molecule has 0 aromatic rings. The van der Waals surface area contributed by atoms with Crippen molar-refractivity contribution in [1.82, 2.24) is 0 Å². The number of hydrogen-bond donors (Lipinski definition) is 0. The third-order valence-electron chi connectivity index (χ3n) is 1.59. The highest BCUT2D eigenvalue weighted by molar-refractivity contribution is 4.92. The predicted molar refractivity (Wildman–Crippen MR) is 56.3 cm³/mol. The van der Waals surface area contributed by atoms with Crippen molar-refractivity contribution in [3.63, 3.8) is 0 Å². The van der Waals surface area contributed by atoms with Gasteiger partial charge in [0.1, 0.15) is 0 Å². The first kappa shape index (κ1) is 11.5. The van der Waals surface area contributed by atoms with Crippen molar-refractivity contribution in [2.75, 3.05) is 0 Å². The Kier molecular flexibility index (Phi) is 5.84. The van der Waals surface area contributed by atoms with Gasteiger partial charge in [-0.1, -0.05) is 40.5 Å². The van der Waals surface area contributed by atoms with E-state index in [1.54, 1.807) is 0 Å². The zero-order valence-electron chi connectivity index (χ0n) is 8.98. The summed E-state index contributed by atoms with van der Waals surface area (Å²) in [5.41, 5.74) is 3.51. The summed E-state index contributed by atoms with van der Waals surface area (Å²) in [4.78, 5) is 0. The van der Waals surface area contributed by atoms with E-state index < -0.39 is 0 Å². The van der Waals surface area contributed by atoms with Gasteiger partial charge in [0.2, 0.25) is 0 Å². The summed E-state index contributed by atoms with van der Waals surface area (Å²) in [6, 6.07) is 0. The van der Waals surface area contributed by atoms with E-state index in [9.17, 15) is 0 Å². The molecule has 0 N–H and O–H groups in total.